The molecule has 31 heavy (non-hydrogen) atoms. The van der Waals surface area contributed by atoms with Crippen molar-refractivity contribution in [3.8, 4) is 5.69 Å². The van der Waals surface area contributed by atoms with Crippen molar-refractivity contribution in [3.63, 3.8) is 0 Å². The van der Waals surface area contributed by atoms with Gasteiger partial charge in [0.1, 0.15) is 12.7 Å². The Morgan fingerprint density at radius 2 is 1.84 bits per heavy atom. The van der Waals surface area contributed by atoms with E-state index in [0.717, 1.165) is 21.7 Å². The second kappa shape index (κ2) is 8.39. The Balaban J connectivity index is 1.42. The molecule has 1 N–H and O–H groups in total. The van der Waals surface area contributed by atoms with Crippen molar-refractivity contribution in [3.05, 3.63) is 77.9 Å². The minimum absolute atomic E-state index is 0.0257. The maximum absolute atomic E-state index is 12.9. The monoisotopic (exact) mass is 418 g/mol. The van der Waals surface area contributed by atoms with Crippen molar-refractivity contribution in [2.75, 3.05) is 13.6 Å². The second-order valence-electron chi connectivity index (χ2n) is 7.36. The maximum Gasteiger partial charge on any atom is 0.324 e. The fourth-order valence-corrected chi connectivity index (χ4v) is 3.40. The van der Waals surface area contributed by atoms with E-state index in [1.54, 1.807) is 47.2 Å². The van der Waals surface area contributed by atoms with Crippen LogP contribution in [0, 0.1) is 0 Å². The lowest BCUT2D eigenvalue weighted by atomic mass is 10.0. The predicted octanol–water partition coefficient (Wildman–Crippen LogP) is 2.15. The number of rotatable bonds is 6. The molecule has 3 aromatic rings. The van der Waals surface area contributed by atoms with E-state index in [1.807, 2.05) is 31.2 Å². The van der Waals surface area contributed by atoms with Gasteiger partial charge < -0.3 is 10.2 Å². The first kappa shape index (κ1) is 20.3. The summed E-state index contributed by atoms with van der Waals surface area (Å²) < 4.78 is 1.67. The van der Waals surface area contributed by atoms with Gasteiger partial charge in [-0.2, -0.15) is 5.10 Å². The zero-order valence-corrected chi connectivity index (χ0v) is 17.2. The molecule has 1 atom stereocenters. The van der Waals surface area contributed by atoms with Crippen molar-refractivity contribution in [2.45, 2.75) is 19.5 Å². The third-order valence-electron chi connectivity index (χ3n) is 5.44. The van der Waals surface area contributed by atoms with E-state index in [2.05, 4.69) is 15.4 Å². The van der Waals surface area contributed by atoms with Gasteiger partial charge in [0.05, 0.1) is 24.8 Å². The lowest BCUT2D eigenvalue weighted by Gasteiger charge is -2.26. The Morgan fingerprint density at radius 1 is 1.13 bits per heavy atom. The summed E-state index contributed by atoms with van der Waals surface area (Å²) >= 11 is 0. The van der Waals surface area contributed by atoms with Gasteiger partial charge in [0.25, 0.3) is 5.91 Å². The maximum atomic E-state index is 12.9. The molecule has 1 unspecified atom stereocenters. The molecule has 1 saturated heterocycles. The zero-order chi connectivity index (χ0) is 22.0. The quantitative estimate of drug-likeness (QED) is 0.618. The first-order valence-electron chi connectivity index (χ1n) is 9.83. The van der Waals surface area contributed by atoms with Gasteiger partial charge in [-0.05, 0) is 42.3 Å². The van der Waals surface area contributed by atoms with E-state index >= 15 is 0 Å². The molecule has 158 valence electrons. The van der Waals surface area contributed by atoms with Gasteiger partial charge in [0, 0.05) is 12.6 Å². The smallest absolute Gasteiger partial charge is 0.324 e. The van der Waals surface area contributed by atoms with Crippen molar-refractivity contribution < 1.29 is 14.4 Å². The fraction of sp³-hybridized carbons (Fsp3) is 0.227. The SMILES string of the molecule is CC(c1ccc(-n2cncn2)cc1)N(C)C(=O)c1ccc(CN2C(=O)CNC2=O)cc1. The van der Waals surface area contributed by atoms with Gasteiger partial charge in [0.15, 0.2) is 0 Å². The number of nitrogens with zero attached hydrogens (tertiary/aromatic N) is 5. The molecular weight excluding hydrogens is 396 g/mol. The van der Waals surface area contributed by atoms with Crippen LogP contribution in [0.1, 0.15) is 34.5 Å². The lowest BCUT2D eigenvalue weighted by molar-refractivity contribution is -0.125. The van der Waals surface area contributed by atoms with Gasteiger partial charge >= 0.3 is 6.03 Å². The molecule has 0 radical (unpaired) electrons. The molecule has 0 bridgehead atoms. The van der Waals surface area contributed by atoms with E-state index in [0.29, 0.717) is 5.56 Å². The standard InChI is InChI=1S/C22H22N6O3/c1-15(17-7-9-19(10-8-17)28-14-23-13-25-28)26(2)21(30)18-5-3-16(4-6-18)12-27-20(29)11-24-22(27)31/h3-10,13-15H,11-12H2,1-2H3,(H,24,31). The summed E-state index contributed by atoms with van der Waals surface area (Å²) in [4.78, 5) is 43.1. The molecule has 0 spiro atoms. The normalized spacial score (nSPS) is 14.5. The minimum atomic E-state index is -0.395. The van der Waals surface area contributed by atoms with Gasteiger partial charge in [-0.3, -0.25) is 14.5 Å². The number of carbonyl (C=O) groups excluding carboxylic acids is 3. The van der Waals surface area contributed by atoms with Crippen molar-refractivity contribution in [1.82, 2.24) is 29.9 Å². The van der Waals surface area contributed by atoms with Crippen LogP contribution in [0.4, 0.5) is 4.79 Å². The summed E-state index contributed by atoms with van der Waals surface area (Å²) in [6.45, 7) is 2.18. The van der Waals surface area contributed by atoms with Gasteiger partial charge in [-0.1, -0.05) is 24.3 Å². The largest absolute Gasteiger partial charge is 0.335 e. The average Bonchev–Trinajstić information content (AvgIpc) is 3.44. The Kier molecular flexibility index (Phi) is 5.48. The molecule has 2 aromatic carbocycles. The number of imide groups is 1. The van der Waals surface area contributed by atoms with Crippen molar-refractivity contribution >= 4 is 17.8 Å². The molecule has 0 aliphatic carbocycles. The number of benzene rings is 2. The zero-order valence-electron chi connectivity index (χ0n) is 17.2. The molecule has 9 heteroatoms. The fourth-order valence-electron chi connectivity index (χ4n) is 3.40. The number of hydrogen-bond donors (Lipinski definition) is 1. The summed E-state index contributed by atoms with van der Waals surface area (Å²) in [6.07, 6.45) is 3.11. The molecule has 1 fully saturated rings. The Labute approximate surface area is 179 Å². The molecule has 4 amide bonds. The van der Waals surface area contributed by atoms with Gasteiger partial charge in [-0.15, -0.1) is 0 Å². The molecule has 2 heterocycles. The molecule has 9 nitrogen and oxygen atoms in total. The molecule has 0 saturated carbocycles. The highest BCUT2D eigenvalue weighted by Crippen LogP contribution is 2.22. The van der Waals surface area contributed by atoms with Crippen LogP contribution in [0.15, 0.2) is 61.2 Å². The van der Waals surface area contributed by atoms with Crippen molar-refractivity contribution in [1.29, 1.82) is 0 Å². The molecule has 1 aliphatic heterocycles. The minimum Gasteiger partial charge on any atom is -0.335 e. The van der Waals surface area contributed by atoms with E-state index in [1.165, 1.54) is 6.33 Å². The van der Waals surface area contributed by atoms with Crippen LogP contribution in [-0.2, 0) is 11.3 Å². The number of hydrogen-bond acceptors (Lipinski definition) is 5. The highest BCUT2D eigenvalue weighted by Gasteiger charge is 2.28. The topological polar surface area (TPSA) is 100 Å². The van der Waals surface area contributed by atoms with Crippen LogP contribution in [0.2, 0.25) is 0 Å². The number of urea groups is 1. The first-order chi connectivity index (χ1) is 14.9. The highest BCUT2D eigenvalue weighted by molar-refractivity contribution is 6.01. The third-order valence-corrected chi connectivity index (χ3v) is 5.44. The van der Waals surface area contributed by atoms with Crippen molar-refractivity contribution in [2.24, 2.45) is 0 Å². The molecule has 1 aliphatic rings. The van der Waals surface area contributed by atoms with E-state index in [4.69, 9.17) is 0 Å². The first-order valence-corrected chi connectivity index (χ1v) is 9.83. The van der Waals surface area contributed by atoms with E-state index < -0.39 is 6.03 Å². The number of nitrogens with one attached hydrogen (secondary N) is 1. The van der Waals surface area contributed by atoms with E-state index in [-0.39, 0.29) is 30.9 Å². The summed E-state index contributed by atoms with van der Waals surface area (Å²) in [5, 5.41) is 6.60. The highest BCUT2D eigenvalue weighted by atomic mass is 16.2. The van der Waals surface area contributed by atoms with Crippen LogP contribution in [0.5, 0.6) is 0 Å². The average molecular weight is 418 g/mol. The molecule has 4 rings (SSSR count). The molecule has 1 aromatic heterocycles. The Bertz CT molecular complexity index is 1080. The Morgan fingerprint density at radius 3 is 2.42 bits per heavy atom. The van der Waals surface area contributed by atoms with Crippen LogP contribution in [0.25, 0.3) is 5.69 Å². The van der Waals surface area contributed by atoms with Crippen LogP contribution in [-0.4, -0.2) is 56.0 Å². The van der Waals surface area contributed by atoms with Crippen LogP contribution < -0.4 is 5.32 Å². The number of aromatic nitrogens is 3. The van der Waals surface area contributed by atoms with Crippen LogP contribution >= 0.6 is 0 Å². The van der Waals surface area contributed by atoms with Gasteiger partial charge in [-0.25, -0.2) is 14.5 Å². The summed E-state index contributed by atoms with van der Waals surface area (Å²) in [5.41, 5.74) is 3.20. The summed E-state index contributed by atoms with van der Waals surface area (Å²) in [5.74, 6) is -0.372. The predicted molar refractivity (Wildman–Crippen MR) is 112 cm³/mol. The number of amides is 4. The lowest BCUT2D eigenvalue weighted by Crippen LogP contribution is -2.30. The number of carbonyl (C=O) groups is 3. The Hall–Kier alpha value is -4.01. The third kappa shape index (κ3) is 4.16. The summed E-state index contributed by atoms with van der Waals surface area (Å²) in [6, 6.07) is 14.2. The molecular formula is C22H22N6O3. The van der Waals surface area contributed by atoms with Gasteiger partial charge in [0.2, 0.25) is 5.91 Å². The van der Waals surface area contributed by atoms with Crippen LogP contribution in [0.3, 0.4) is 0 Å². The second-order valence-corrected chi connectivity index (χ2v) is 7.36. The van der Waals surface area contributed by atoms with E-state index in [9.17, 15) is 14.4 Å². The summed E-state index contributed by atoms with van der Waals surface area (Å²) in [7, 11) is 1.76.